The lowest BCUT2D eigenvalue weighted by molar-refractivity contribution is 0.0952. The minimum absolute atomic E-state index is 0.173. The monoisotopic (exact) mass is 401 g/mol. The first kappa shape index (κ1) is 19.3. The molecule has 0 aliphatic heterocycles. The number of aromatic nitrogens is 2. The van der Waals surface area contributed by atoms with Crippen molar-refractivity contribution in [2.45, 2.75) is 20.3 Å². The molecule has 0 fully saturated rings. The van der Waals surface area contributed by atoms with E-state index in [2.05, 4.69) is 24.1 Å². The van der Waals surface area contributed by atoms with Crippen LogP contribution in [-0.2, 0) is 0 Å². The van der Waals surface area contributed by atoms with Gasteiger partial charge in [0.1, 0.15) is 0 Å². The molecular weight excluding hydrogens is 382 g/mol. The van der Waals surface area contributed by atoms with Crippen molar-refractivity contribution < 1.29 is 4.79 Å². The summed E-state index contributed by atoms with van der Waals surface area (Å²) in [5.41, 5.74) is 1.34. The molecule has 0 radical (unpaired) electrons. The number of carbonyl (C=O) groups is 1. The van der Waals surface area contributed by atoms with Gasteiger partial charge < -0.3 is 10.3 Å². The number of hydrogen-bond acceptors (Lipinski definition) is 3. The zero-order chi connectivity index (χ0) is 19.6. The van der Waals surface area contributed by atoms with E-state index in [1.54, 1.807) is 42.5 Å². The van der Waals surface area contributed by atoms with E-state index in [0.717, 1.165) is 6.42 Å². The molecule has 7 heteroatoms. The number of H-pyrrole nitrogens is 1. The Morgan fingerprint density at radius 1 is 1.26 bits per heavy atom. The van der Waals surface area contributed by atoms with Crippen molar-refractivity contribution in [2.24, 2.45) is 5.92 Å². The van der Waals surface area contributed by atoms with Gasteiger partial charge in [-0.1, -0.05) is 31.5 Å². The van der Waals surface area contributed by atoms with Crippen LogP contribution in [0.5, 0.6) is 0 Å². The summed E-state index contributed by atoms with van der Waals surface area (Å²) in [4.78, 5) is 28.3. The highest BCUT2D eigenvalue weighted by atomic mass is 35.5. The summed E-state index contributed by atoms with van der Waals surface area (Å²) in [5, 5.41) is 3.89. The Labute approximate surface area is 167 Å². The van der Waals surface area contributed by atoms with Crippen LogP contribution in [0.2, 0.25) is 5.02 Å². The number of rotatable bonds is 5. The second-order valence-corrected chi connectivity index (χ2v) is 7.57. The molecule has 3 rings (SSSR count). The molecule has 3 aromatic rings. The predicted molar refractivity (Wildman–Crippen MR) is 112 cm³/mol. The summed E-state index contributed by atoms with van der Waals surface area (Å²) in [6, 6.07) is 11.8. The number of aromatic amines is 1. The largest absolute Gasteiger partial charge is 0.352 e. The van der Waals surface area contributed by atoms with E-state index in [0.29, 0.717) is 39.6 Å². The highest BCUT2D eigenvalue weighted by Gasteiger charge is 2.11. The molecule has 0 unspecified atom stereocenters. The van der Waals surface area contributed by atoms with Crippen LogP contribution in [0.3, 0.4) is 0 Å². The highest BCUT2D eigenvalue weighted by molar-refractivity contribution is 7.71. The third kappa shape index (κ3) is 4.28. The molecule has 1 heterocycles. The van der Waals surface area contributed by atoms with Gasteiger partial charge >= 0.3 is 0 Å². The molecule has 5 nitrogen and oxygen atoms in total. The summed E-state index contributed by atoms with van der Waals surface area (Å²) >= 11 is 11.4. The molecule has 2 N–H and O–H groups in total. The molecule has 0 saturated heterocycles. The number of amides is 1. The van der Waals surface area contributed by atoms with E-state index in [-0.39, 0.29) is 16.2 Å². The standard InChI is InChI=1S/C20H20ClN3O2S/c1-12(2)8-9-22-18(25)13-4-3-5-15(10-13)24-19(26)16-7-6-14(21)11-17(16)23-20(24)27/h3-7,10-12H,8-9H2,1-2H3,(H,22,25)(H,23,27). The quantitative estimate of drug-likeness (QED) is 0.619. The van der Waals surface area contributed by atoms with Crippen LogP contribution in [0.25, 0.3) is 16.6 Å². The summed E-state index contributed by atoms with van der Waals surface area (Å²) < 4.78 is 1.63. The first-order chi connectivity index (χ1) is 12.9. The Balaban J connectivity index is 2.00. The van der Waals surface area contributed by atoms with Crippen LogP contribution >= 0.6 is 23.8 Å². The smallest absolute Gasteiger partial charge is 0.266 e. The topological polar surface area (TPSA) is 66.9 Å². The SMILES string of the molecule is CC(C)CCNC(=O)c1cccc(-n2c(=S)[nH]c3cc(Cl)ccc3c2=O)c1. The van der Waals surface area contributed by atoms with E-state index in [9.17, 15) is 9.59 Å². The lowest BCUT2D eigenvalue weighted by Crippen LogP contribution is -2.26. The molecule has 2 aromatic carbocycles. The van der Waals surface area contributed by atoms with Gasteiger partial charge in [0.15, 0.2) is 4.77 Å². The number of nitrogens with zero attached hydrogens (tertiary/aromatic N) is 1. The summed E-state index contributed by atoms with van der Waals surface area (Å²) in [5.74, 6) is 0.340. The van der Waals surface area contributed by atoms with Gasteiger partial charge in [-0.05, 0) is 61.0 Å². The number of halogens is 1. The van der Waals surface area contributed by atoms with Gasteiger partial charge in [0, 0.05) is 17.1 Å². The Kier molecular flexibility index (Phi) is 5.77. The van der Waals surface area contributed by atoms with Gasteiger partial charge in [0.05, 0.1) is 16.6 Å². The molecule has 27 heavy (non-hydrogen) atoms. The Bertz CT molecular complexity index is 1120. The van der Waals surface area contributed by atoms with Crippen LogP contribution in [0.15, 0.2) is 47.3 Å². The third-order valence-corrected chi connectivity index (χ3v) is 4.75. The average molecular weight is 402 g/mol. The normalized spacial score (nSPS) is 11.1. The average Bonchev–Trinajstić information content (AvgIpc) is 2.61. The van der Waals surface area contributed by atoms with E-state index in [4.69, 9.17) is 23.8 Å². The molecule has 0 saturated carbocycles. The number of benzene rings is 2. The van der Waals surface area contributed by atoms with E-state index < -0.39 is 0 Å². The second-order valence-electron chi connectivity index (χ2n) is 6.75. The molecule has 0 atom stereocenters. The Morgan fingerprint density at radius 2 is 2.04 bits per heavy atom. The lowest BCUT2D eigenvalue weighted by atomic mass is 10.1. The minimum Gasteiger partial charge on any atom is -0.352 e. The van der Waals surface area contributed by atoms with Gasteiger partial charge in [-0.15, -0.1) is 0 Å². The number of carbonyl (C=O) groups excluding carboxylic acids is 1. The van der Waals surface area contributed by atoms with Gasteiger partial charge in [-0.3, -0.25) is 14.2 Å². The maximum Gasteiger partial charge on any atom is 0.266 e. The molecule has 1 aromatic heterocycles. The van der Waals surface area contributed by atoms with Crippen molar-refractivity contribution in [3.05, 3.63) is 68.2 Å². The molecule has 1 amide bonds. The third-order valence-electron chi connectivity index (χ3n) is 4.23. The molecule has 0 spiro atoms. The first-order valence-electron chi connectivity index (χ1n) is 8.70. The van der Waals surface area contributed by atoms with Crippen molar-refractivity contribution >= 4 is 40.6 Å². The summed E-state index contributed by atoms with van der Waals surface area (Å²) in [6.07, 6.45) is 0.906. The number of nitrogens with one attached hydrogen (secondary N) is 2. The van der Waals surface area contributed by atoms with Crippen LogP contribution in [0.1, 0.15) is 30.6 Å². The molecule has 0 aliphatic carbocycles. The molecule has 0 aliphatic rings. The summed E-state index contributed by atoms with van der Waals surface area (Å²) in [6.45, 7) is 4.82. The lowest BCUT2D eigenvalue weighted by Gasteiger charge is -2.11. The number of hydrogen-bond donors (Lipinski definition) is 2. The highest BCUT2D eigenvalue weighted by Crippen LogP contribution is 2.17. The molecule has 140 valence electrons. The van der Waals surface area contributed by atoms with Crippen molar-refractivity contribution in [3.8, 4) is 5.69 Å². The van der Waals surface area contributed by atoms with Crippen LogP contribution < -0.4 is 10.9 Å². The molecule has 0 bridgehead atoms. The van der Waals surface area contributed by atoms with Crippen LogP contribution in [0.4, 0.5) is 0 Å². The first-order valence-corrected chi connectivity index (χ1v) is 9.48. The Hall–Kier alpha value is -2.44. The van der Waals surface area contributed by atoms with E-state index in [1.165, 1.54) is 4.57 Å². The van der Waals surface area contributed by atoms with Gasteiger partial charge in [-0.25, -0.2) is 0 Å². The predicted octanol–water partition coefficient (Wildman–Crippen LogP) is 4.48. The Morgan fingerprint density at radius 3 is 2.78 bits per heavy atom. The maximum absolute atomic E-state index is 12.9. The van der Waals surface area contributed by atoms with Crippen LogP contribution in [-0.4, -0.2) is 22.0 Å². The van der Waals surface area contributed by atoms with Crippen molar-refractivity contribution in [1.29, 1.82) is 0 Å². The summed E-state index contributed by atoms with van der Waals surface area (Å²) in [7, 11) is 0. The fourth-order valence-corrected chi connectivity index (χ4v) is 3.26. The van der Waals surface area contributed by atoms with E-state index >= 15 is 0 Å². The van der Waals surface area contributed by atoms with Gasteiger partial charge in [0.2, 0.25) is 0 Å². The van der Waals surface area contributed by atoms with Crippen molar-refractivity contribution in [1.82, 2.24) is 14.9 Å². The fourth-order valence-electron chi connectivity index (χ4n) is 2.79. The second kappa shape index (κ2) is 8.06. The zero-order valence-corrected chi connectivity index (χ0v) is 16.7. The fraction of sp³-hybridized carbons (Fsp3) is 0.250. The van der Waals surface area contributed by atoms with E-state index in [1.807, 2.05) is 0 Å². The van der Waals surface area contributed by atoms with Crippen LogP contribution in [0, 0.1) is 10.7 Å². The van der Waals surface area contributed by atoms with Gasteiger partial charge in [0.25, 0.3) is 11.5 Å². The van der Waals surface area contributed by atoms with Gasteiger partial charge in [-0.2, -0.15) is 0 Å². The maximum atomic E-state index is 12.9. The minimum atomic E-state index is -0.261. The molecular formula is C20H20ClN3O2S. The van der Waals surface area contributed by atoms with Crippen molar-refractivity contribution in [2.75, 3.05) is 6.54 Å². The van der Waals surface area contributed by atoms with Crippen molar-refractivity contribution in [3.63, 3.8) is 0 Å². The number of fused-ring (bicyclic) bond motifs is 1. The zero-order valence-electron chi connectivity index (χ0n) is 15.1.